The van der Waals surface area contributed by atoms with Gasteiger partial charge in [-0.05, 0) is 66.7 Å². The Morgan fingerprint density at radius 2 is 1.84 bits per heavy atom. The van der Waals surface area contributed by atoms with Crippen LogP contribution >= 0.6 is 23.4 Å². The molecular formula is C19H17ClN2O2S. The van der Waals surface area contributed by atoms with Crippen molar-refractivity contribution in [2.75, 3.05) is 13.7 Å². The summed E-state index contributed by atoms with van der Waals surface area (Å²) in [5.41, 5.74) is 1.71. The van der Waals surface area contributed by atoms with Crippen LogP contribution in [0, 0.1) is 0 Å². The summed E-state index contributed by atoms with van der Waals surface area (Å²) in [6.45, 7) is 2.51. The van der Waals surface area contributed by atoms with Crippen LogP contribution in [-0.2, 0) is 4.79 Å². The van der Waals surface area contributed by atoms with Gasteiger partial charge in [0.25, 0.3) is 5.91 Å². The van der Waals surface area contributed by atoms with Crippen molar-refractivity contribution in [2.45, 2.75) is 6.92 Å². The third-order valence-electron chi connectivity index (χ3n) is 3.67. The zero-order valence-corrected chi connectivity index (χ0v) is 15.5. The van der Waals surface area contributed by atoms with Gasteiger partial charge in [0.1, 0.15) is 5.75 Å². The maximum atomic E-state index is 12.6. The summed E-state index contributed by atoms with van der Waals surface area (Å²) in [7, 11) is 1.62. The first kappa shape index (κ1) is 17.6. The van der Waals surface area contributed by atoms with Crippen LogP contribution < -0.4 is 4.74 Å². The van der Waals surface area contributed by atoms with Crippen LogP contribution in [0.4, 0.5) is 5.69 Å². The van der Waals surface area contributed by atoms with E-state index in [9.17, 15) is 4.79 Å². The second-order valence-corrected chi connectivity index (χ2v) is 6.75. The monoisotopic (exact) mass is 372 g/mol. The maximum Gasteiger partial charge on any atom is 0.266 e. The average Bonchev–Trinajstić information content (AvgIpc) is 2.92. The molecule has 0 bridgehead atoms. The summed E-state index contributed by atoms with van der Waals surface area (Å²) < 4.78 is 5.15. The molecule has 1 aliphatic heterocycles. The molecule has 1 heterocycles. The van der Waals surface area contributed by atoms with Crippen LogP contribution in [-0.4, -0.2) is 29.6 Å². The Labute approximate surface area is 156 Å². The molecule has 1 amide bonds. The van der Waals surface area contributed by atoms with Crippen molar-refractivity contribution in [3.63, 3.8) is 0 Å². The topological polar surface area (TPSA) is 41.9 Å². The highest BCUT2D eigenvalue weighted by Crippen LogP contribution is 2.34. The summed E-state index contributed by atoms with van der Waals surface area (Å²) in [5, 5.41) is 1.35. The van der Waals surface area contributed by atoms with Gasteiger partial charge in [-0.1, -0.05) is 23.7 Å². The van der Waals surface area contributed by atoms with E-state index in [1.54, 1.807) is 12.0 Å². The number of rotatable bonds is 4. The summed E-state index contributed by atoms with van der Waals surface area (Å²) >= 11 is 7.29. The minimum Gasteiger partial charge on any atom is -0.497 e. The Morgan fingerprint density at radius 3 is 2.44 bits per heavy atom. The Balaban J connectivity index is 1.88. The predicted octanol–water partition coefficient (Wildman–Crippen LogP) is 4.97. The number of hydrogen-bond acceptors (Lipinski definition) is 4. The molecule has 2 aromatic rings. The number of carbonyl (C=O) groups excluding carboxylic acids is 1. The lowest BCUT2D eigenvalue weighted by molar-refractivity contribution is -0.122. The Hall–Kier alpha value is -2.24. The second-order valence-electron chi connectivity index (χ2n) is 5.30. The maximum absolute atomic E-state index is 12.6. The first-order chi connectivity index (χ1) is 12.1. The molecule has 0 aromatic heterocycles. The highest BCUT2D eigenvalue weighted by molar-refractivity contribution is 8.18. The van der Waals surface area contributed by atoms with Crippen LogP contribution in [0.5, 0.6) is 5.75 Å². The van der Waals surface area contributed by atoms with Crippen molar-refractivity contribution in [1.82, 2.24) is 4.90 Å². The van der Waals surface area contributed by atoms with Crippen LogP contribution in [0.2, 0.25) is 5.02 Å². The molecular weight excluding hydrogens is 356 g/mol. The van der Waals surface area contributed by atoms with Crippen LogP contribution in [0.1, 0.15) is 12.5 Å². The smallest absolute Gasteiger partial charge is 0.266 e. The average molecular weight is 373 g/mol. The molecule has 0 radical (unpaired) electrons. The quantitative estimate of drug-likeness (QED) is 0.711. The molecule has 128 valence electrons. The number of methoxy groups -OCH3 is 1. The van der Waals surface area contributed by atoms with Gasteiger partial charge in [-0.3, -0.25) is 9.69 Å². The molecule has 6 heteroatoms. The van der Waals surface area contributed by atoms with Crippen LogP contribution in [0.3, 0.4) is 0 Å². The summed E-state index contributed by atoms with van der Waals surface area (Å²) in [4.78, 5) is 19.6. The standard InChI is InChI=1S/C19H17ClN2O2S/c1-3-22-18(23)17(12-13-4-6-14(20)7-5-13)25-19(22)21-15-8-10-16(24-2)11-9-15/h4-12H,3H2,1-2H3/b17-12-,21-19?. The fourth-order valence-corrected chi connectivity index (χ4v) is 3.54. The van der Waals surface area contributed by atoms with E-state index >= 15 is 0 Å². The van der Waals surface area contributed by atoms with Gasteiger partial charge in [0.05, 0.1) is 17.7 Å². The van der Waals surface area contributed by atoms with Crippen molar-refractivity contribution < 1.29 is 9.53 Å². The Bertz CT molecular complexity index is 830. The molecule has 0 saturated carbocycles. The Kier molecular flexibility index (Phi) is 5.46. The van der Waals surface area contributed by atoms with E-state index in [0.29, 0.717) is 21.6 Å². The van der Waals surface area contributed by atoms with Crippen molar-refractivity contribution in [3.05, 3.63) is 64.0 Å². The molecule has 4 nitrogen and oxygen atoms in total. The van der Waals surface area contributed by atoms with E-state index in [4.69, 9.17) is 16.3 Å². The number of benzene rings is 2. The fourth-order valence-electron chi connectivity index (χ4n) is 2.35. The van der Waals surface area contributed by atoms with Gasteiger partial charge < -0.3 is 4.74 Å². The van der Waals surface area contributed by atoms with Crippen molar-refractivity contribution >= 4 is 46.2 Å². The molecule has 0 aliphatic carbocycles. The number of likely N-dealkylation sites (N-methyl/N-ethyl adjacent to an activating group) is 1. The SMILES string of the molecule is CCN1C(=O)/C(=C/c2ccc(Cl)cc2)SC1=Nc1ccc(OC)cc1. The summed E-state index contributed by atoms with van der Waals surface area (Å²) in [6, 6.07) is 14.8. The van der Waals surface area contributed by atoms with E-state index in [1.807, 2.05) is 61.5 Å². The lowest BCUT2D eigenvalue weighted by atomic mass is 10.2. The lowest BCUT2D eigenvalue weighted by Gasteiger charge is -2.12. The molecule has 0 spiro atoms. The van der Waals surface area contributed by atoms with Gasteiger partial charge in [0.15, 0.2) is 5.17 Å². The Morgan fingerprint density at radius 1 is 1.16 bits per heavy atom. The van der Waals surface area contributed by atoms with E-state index in [1.165, 1.54) is 11.8 Å². The fraction of sp³-hybridized carbons (Fsp3) is 0.158. The first-order valence-corrected chi connectivity index (χ1v) is 9.00. The van der Waals surface area contributed by atoms with Crippen molar-refractivity contribution in [1.29, 1.82) is 0 Å². The number of ether oxygens (including phenoxy) is 1. The minimum atomic E-state index is -0.0327. The van der Waals surface area contributed by atoms with Gasteiger partial charge in [-0.15, -0.1) is 0 Å². The van der Waals surface area contributed by atoms with E-state index in [-0.39, 0.29) is 5.91 Å². The minimum absolute atomic E-state index is 0.0327. The highest BCUT2D eigenvalue weighted by Gasteiger charge is 2.32. The molecule has 1 aliphatic rings. The van der Waals surface area contributed by atoms with Gasteiger partial charge in [-0.2, -0.15) is 0 Å². The third-order valence-corrected chi connectivity index (χ3v) is 4.93. The number of halogens is 1. The molecule has 1 fully saturated rings. The zero-order chi connectivity index (χ0) is 17.8. The van der Waals surface area contributed by atoms with Gasteiger partial charge >= 0.3 is 0 Å². The number of aliphatic imine (C=N–C) groups is 1. The number of thioether (sulfide) groups is 1. The van der Waals surface area contributed by atoms with Crippen LogP contribution in [0.25, 0.3) is 6.08 Å². The van der Waals surface area contributed by atoms with E-state index in [0.717, 1.165) is 17.0 Å². The second kappa shape index (κ2) is 7.76. The number of nitrogens with zero attached hydrogens (tertiary/aromatic N) is 2. The lowest BCUT2D eigenvalue weighted by Crippen LogP contribution is -2.28. The van der Waals surface area contributed by atoms with E-state index < -0.39 is 0 Å². The number of hydrogen-bond donors (Lipinski definition) is 0. The normalized spacial score (nSPS) is 17.6. The van der Waals surface area contributed by atoms with E-state index in [2.05, 4.69) is 4.99 Å². The molecule has 25 heavy (non-hydrogen) atoms. The number of carbonyl (C=O) groups is 1. The molecule has 0 unspecified atom stereocenters. The van der Waals surface area contributed by atoms with Gasteiger partial charge in [-0.25, -0.2) is 4.99 Å². The first-order valence-electron chi connectivity index (χ1n) is 7.80. The van der Waals surface area contributed by atoms with Crippen molar-refractivity contribution in [3.8, 4) is 5.75 Å². The number of amidine groups is 1. The summed E-state index contributed by atoms with van der Waals surface area (Å²) in [5.74, 6) is 0.740. The largest absolute Gasteiger partial charge is 0.497 e. The summed E-state index contributed by atoms with van der Waals surface area (Å²) in [6.07, 6.45) is 1.86. The van der Waals surface area contributed by atoms with Gasteiger partial charge in [0.2, 0.25) is 0 Å². The van der Waals surface area contributed by atoms with Crippen LogP contribution in [0.15, 0.2) is 58.4 Å². The third kappa shape index (κ3) is 4.06. The molecule has 0 N–H and O–H groups in total. The molecule has 1 saturated heterocycles. The molecule has 3 rings (SSSR count). The number of amides is 1. The highest BCUT2D eigenvalue weighted by atomic mass is 35.5. The van der Waals surface area contributed by atoms with Gasteiger partial charge in [0, 0.05) is 11.6 Å². The predicted molar refractivity (Wildman–Crippen MR) is 104 cm³/mol. The molecule has 0 atom stereocenters. The molecule has 2 aromatic carbocycles. The van der Waals surface area contributed by atoms with Crippen molar-refractivity contribution in [2.24, 2.45) is 4.99 Å². The zero-order valence-electron chi connectivity index (χ0n) is 13.9.